The van der Waals surface area contributed by atoms with Gasteiger partial charge in [0.05, 0.1) is 12.2 Å². The summed E-state index contributed by atoms with van der Waals surface area (Å²) in [5, 5.41) is 18.4. The number of carboxylic acids is 1. The highest BCUT2D eigenvalue weighted by molar-refractivity contribution is 5.86. The third-order valence-electron chi connectivity index (χ3n) is 2.73. The summed E-state index contributed by atoms with van der Waals surface area (Å²) in [6.45, 7) is 2.46. The summed E-state index contributed by atoms with van der Waals surface area (Å²) in [5.74, 6) is -0.159. The van der Waals surface area contributed by atoms with Crippen molar-refractivity contribution in [2.24, 2.45) is 0 Å². The Labute approximate surface area is 104 Å². The molecule has 0 radical (unpaired) electrons. The summed E-state index contributed by atoms with van der Waals surface area (Å²) in [7, 11) is 0. The molecular weight excluding hydrogens is 234 g/mol. The molecule has 1 atom stereocenters. The van der Waals surface area contributed by atoms with Crippen molar-refractivity contribution in [2.45, 2.75) is 25.9 Å². The first-order valence-corrected chi connectivity index (χ1v) is 5.70. The second-order valence-electron chi connectivity index (χ2n) is 3.89. The van der Waals surface area contributed by atoms with E-state index in [1.807, 2.05) is 6.92 Å². The summed E-state index contributed by atoms with van der Waals surface area (Å²) in [5.41, 5.74) is 0.754. The maximum atomic E-state index is 10.9. The molecule has 2 aromatic rings. The maximum Gasteiger partial charge on any atom is 0.354 e. The molecule has 0 aliphatic carbocycles. The van der Waals surface area contributed by atoms with Gasteiger partial charge in [0.1, 0.15) is 11.5 Å². The van der Waals surface area contributed by atoms with E-state index in [9.17, 15) is 4.79 Å². The first kappa shape index (κ1) is 12.3. The molecule has 2 aromatic heterocycles. The highest BCUT2D eigenvalue weighted by Gasteiger charge is 2.15. The van der Waals surface area contributed by atoms with Gasteiger partial charge in [0.2, 0.25) is 0 Å². The van der Waals surface area contributed by atoms with E-state index >= 15 is 0 Å². The lowest BCUT2D eigenvalue weighted by Gasteiger charge is -2.14. The highest BCUT2D eigenvalue weighted by atomic mass is 16.4. The van der Waals surface area contributed by atoms with Crippen molar-refractivity contribution in [3.8, 4) is 0 Å². The van der Waals surface area contributed by atoms with Crippen LogP contribution in [0.15, 0.2) is 18.6 Å². The zero-order valence-electron chi connectivity index (χ0n) is 9.97. The number of nitrogens with one attached hydrogen (secondary N) is 3. The molecule has 0 saturated heterocycles. The van der Waals surface area contributed by atoms with Crippen LogP contribution in [0.1, 0.15) is 41.3 Å². The molecule has 0 aliphatic rings. The lowest BCUT2D eigenvalue weighted by Crippen LogP contribution is -2.22. The molecule has 0 aromatic carbocycles. The van der Waals surface area contributed by atoms with E-state index in [1.54, 1.807) is 12.4 Å². The Morgan fingerprint density at radius 3 is 3.06 bits per heavy atom. The molecule has 96 valence electrons. The molecule has 7 nitrogen and oxygen atoms in total. The molecule has 2 heterocycles. The van der Waals surface area contributed by atoms with E-state index < -0.39 is 5.97 Å². The number of aromatic nitrogens is 4. The minimum absolute atomic E-state index is 0.0662. The first-order chi connectivity index (χ1) is 8.72. The molecule has 0 aliphatic heterocycles. The van der Waals surface area contributed by atoms with Crippen molar-refractivity contribution in [1.82, 2.24) is 25.5 Å². The van der Waals surface area contributed by atoms with Crippen molar-refractivity contribution in [3.05, 3.63) is 35.7 Å². The van der Waals surface area contributed by atoms with Crippen LogP contribution in [0.3, 0.4) is 0 Å². The molecule has 0 saturated carbocycles. The number of aromatic amines is 2. The predicted octanol–water partition coefficient (Wildman–Crippen LogP) is 1.07. The lowest BCUT2D eigenvalue weighted by molar-refractivity contribution is 0.0689. The smallest absolute Gasteiger partial charge is 0.354 e. The maximum absolute atomic E-state index is 10.9. The number of imidazole rings is 1. The van der Waals surface area contributed by atoms with E-state index in [-0.39, 0.29) is 11.7 Å². The molecule has 1 unspecified atom stereocenters. The van der Waals surface area contributed by atoms with E-state index in [4.69, 9.17) is 5.11 Å². The molecule has 18 heavy (non-hydrogen) atoms. The molecule has 7 heteroatoms. The summed E-state index contributed by atoms with van der Waals surface area (Å²) in [4.78, 5) is 18.1. The second-order valence-corrected chi connectivity index (χ2v) is 3.89. The zero-order chi connectivity index (χ0) is 13.0. The summed E-state index contributed by atoms with van der Waals surface area (Å²) in [6, 6.07) is 0.0662. The van der Waals surface area contributed by atoms with Gasteiger partial charge >= 0.3 is 5.97 Å². The SMILES string of the molecule is CCC(NCc1cn[nH]c1C(=O)O)c1ncc[nH]1. The summed E-state index contributed by atoms with van der Waals surface area (Å²) >= 11 is 0. The molecule has 0 amide bonds. The van der Waals surface area contributed by atoms with Gasteiger partial charge in [-0.25, -0.2) is 9.78 Å². The molecule has 0 spiro atoms. The minimum Gasteiger partial charge on any atom is -0.477 e. The predicted molar refractivity (Wildman–Crippen MR) is 64.0 cm³/mol. The molecule has 0 bridgehead atoms. The van der Waals surface area contributed by atoms with Gasteiger partial charge in [0, 0.05) is 24.5 Å². The van der Waals surface area contributed by atoms with Crippen LogP contribution < -0.4 is 5.32 Å². The number of carboxylic acid groups (broad SMARTS) is 1. The van der Waals surface area contributed by atoms with Crippen LogP contribution in [-0.2, 0) is 6.54 Å². The minimum atomic E-state index is -1.00. The first-order valence-electron chi connectivity index (χ1n) is 5.70. The fourth-order valence-corrected chi connectivity index (χ4v) is 1.77. The Kier molecular flexibility index (Phi) is 3.73. The van der Waals surface area contributed by atoms with Crippen LogP contribution in [0, 0.1) is 0 Å². The van der Waals surface area contributed by atoms with Crippen molar-refractivity contribution in [2.75, 3.05) is 0 Å². The second kappa shape index (κ2) is 5.46. The number of hydrogen-bond donors (Lipinski definition) is 4. The van der Waals surface area contributed by atoms with Crippen molar-refractivity contribution >= 4 is 5.97 Å². The number of nitrogens with zero attached hydrogens (tertiary/aromatic N) is 2. The molecule has 2 rings (SSSR count). The van der Waals surface area contributed by atoms with Crippen molar-refractivity contribution in [3.63, 3.8) is 0 Å². The van der Waals surface area contributed by atoms with E-state index in [0.717, 1.165) is 12.2 Å². The Bertz CT molecular complexity index is 505. The van der Waals surface area contributed by atoms with E-state index in [0.29, 0.717) is 12.1 Å². The standard InChI is InChI=1S/C11H15N5O2/c1-2-8(10-12-3-4-13-10)14-5-7-6-15-16-9(7)11(17)18/h3-4,6,8,14H,2,5H2,1H3,(H,12,13)(H,15,16)(H,17,18). The lowest BCUT2D eigenvalue weighted by atomic mass is 10.2. The average molecular weight is 249 g/mol. The van der Waals surface area contributed by atoms with Crippen molar-refractivity contribution < 1.29 is 9.90 Å². The van der Waals surface area contributed by atoms with E-state index in [2.05, 4.69) is 25.5 Å². The van der Waals surface area contributed by atoms with Crippen molar-refractivity contribution in [1.29, 1.82) is 0 Å². The summed E-state index contributed by atoms with van der Waals surface area (Å²) in [6.07, 6.45) is 5.83. The van der Waals surface area contributed by atoms with Crippen LogP contribution in [0.4, 0.5) is 0 Å². The normalized spacial score (nSPS) is 12.5. The van der Waals surface area contributed by atoms with Gasteiger partial charge in [-0.2, -0.15) is 5.10 Å². The third-order valence-corrected chi connectivity index (χ3v) is 2.73. The fourth-order valence-electron chi connectivity index (χ4n) is 1.77. The van der Waals surface area contributed by atoms with Crippen LogP contribution in [0.5, 0.6) is 0 Å². The topological polar surface area (TPSA) is 107 Å². The van der Waals surface area contributed by atoms with Gasteiger partial charge in [0.25, 0.3) is 0 Å². The number of aromatic carboxylic acids is 1. The van der Waals surface area contributed by atoms with Crippen LogP contribution >= 0.6 is 0 Å². The van der Waals surface area contributed by atoms with Gasteiger partial charge < -0.3 is 15.4 Å². The largest absolute Gasteiger partial charge is 0.477 e. The highest BCUT2D eigenvalue weighted by Crippen LogP contribution is 2.13. The van der Waals surface area contributed by atoms with Gasteiger partial charge in [-0.15, -0.1) is 0 Å². The van der Waals surface area contributed by atoms with Gasteiger partial charge in [0.15, 0.2) is 0 Å². The van der Waals surface area contributed by atoms with Crippen LogP contribution in [0.2, 0.25) is 0 Å². The molecule has 4 N–H and O–H groups in total. The number of H-pyrrole nitrogens is 2. The Hall–Kier alpha value is -2.15. The average Bonchev–Trinajstić information content (AvgIpc) is 2.99. The van der Waals surface area contributed by atoms with Crippen LogP contribution in [-0.4, -0.2) is 31.2 Å². The summed E-state index contributed by atoms with van der Waals surface area (Å²) < 4.78 is 0. The van der Waals surface area contributed by atoms with Gasteiger partial charge in [-0.3, -0.25) is 5.10 Å². The van der Waals surface area contributed by atoms with Gasteiger partial charge in [-0.05, 0) is 6.42 Å². The molecular formula is C11H15N5O2. The van der Waals surface area contributed by atoms with Gasteiger partial charge in [-0.1, -0.05) is 6.92 Å². The third kappa shape index (κ3) is 2.57. The zero-order valence-corrected chi connectivity index (χ0v) is 9.97. The van der Waals surface area contributed by atoms with E-state index in [1.165, 1.54) is 6.20 Å². The fraction of sp³-hybridized carbons (Fsp3) is 0.364. The Morgan fingerprint density at radius 2 is 2.44 bits per heavy atom. The quantitative estimate of drug-likeness (QED) is 0.612. The molecule has 0 fully saturated rings. The Balaban J connectivity index is 2.02. The monoisotopic (exact) mass is 249 g/mol. The Morgan fingerprint density at radius 1 is 1.61 bits per heavy atom. The number of carbonyl (C=O) groups is 1. The number of hydrogen-bond acceptors (Lipinski definition) is 4. The van der Waals surface area contributed by atoms with Crippen LogP contribution in [0.25, 0.3) is 0 Å². The number of rotatable bonds is 6.